The minimum absolute atomic E-state index is 0.0377. The van der Waals surface area contributed by atoms with Gasteiger partial charge in [-0.15, -0.1) is 0 Å². The van der Waals surface area contributed by atoms with Crippen molar-refractivity contribution in [1.29, 1.82) is 0 Å². The highest BCUT2D eigenvalue weighted by atomic mass is 19.4. The van der Waals surface area contributed by atoms with E-state index < -0.39 is 17.8 Å². The number of anilines is 3. The molecule has 3 heterocycles. The van der Waals surface area contributed by atoms with Crippen molar-refractivity contribution in [1.82, 2.24) is 19.4 Å². The van der Waals surface area contributed by atoms with Crippen LogP contribution in [0.2, 0.25) is 0 Å². The summed E-state index contributed by atoms with van der Waals surface area (Å²) in [5, 5.41) is 5.78. The molecule has 13 heteroatoms. The number of halogens is 3. The molecule has 5 rings (SSSR count). The number of alkyl halides is 3. The number of carbonyl (C=O) groups is 2. The summed E-state index contributed by atoms with van der Waals surface area (Å²) in [6.45, 7) is 3.66. The van der Waals surface area contributed by atoms with Gasteiger partial charge in [0.05, 0.1) is 11.1 Å². The molecule has 2 aromatic heterocycles. The Hall–Kier alpha value is -4.65. The summed E-state index contributed by atoms with van der Waals surface area (Å²) in [5.74, 6) is 0.626. The maximum Gasteiger partial charge on any atom is 0.418 e. The van der Waals surface area contributed by atoms with Gasteiger partial charge in [0.2, 0.25) is 11.8 Å². The molecule has 0 bridgehead atoms. The number of piperazine rings is 1. The van der Waals surface area contributed by atoms with Crippen molar-refractivity contribution in [3.8, 4) is 11.6 Å². The van der Waals surface area contributed by atoms with E-state index in [0.29, 0.717) is 42.8 Å². The lowest BCUT2D eigenvalue weighted by Gasteiger charge is -2.35. The summed E-state index contributed by atoms with van der Waals surface area (Å²) in [7, 11) is 1.93. The Balaban J connectivity index is 1.33. The van der Waals surface area contributed by atoms with E-state index in [0.717, 1.165) is 6.07 Å². The van der Waals surface area contributed by atoms with Crippen LogP contribution < -0.4 is 20.3 Å². The highest BCUT2D eigenvalue weighted by molar-refractivity contribution is 5.99. The predicted molar refractivity (Wildman–Crippen MR) is 144 cm³/mol. The number of benzene rings is 2. The van der Waals surface area contributed by atoms with Crippen molar-refractivity contribution in [2.24, 2.45) is 0 Å². The first-order valence-electron chi connectivity index (χ1n) is 12.4. The zero-order valence-corrected chi connectivity index (χ0v) is 21.7. The number of likely N-dealkylation sites (N-methyl/N-ethyl adjacent to an activating group) is 1. The van der Waals surface area contributed by atoms with E-state index in [4.69, 9.17) is 4.74 Å². The SMILES string of the molecule is CC(=O)Nc1cc(Oc2ccc3c(ccn3C(=O)Nc3ccc(N4CCN(C)CC4)c(C(F)(F)F)c3)c2)ncn1. The van der Waals surface area contributed by atoms with Gasteiger partial charge in [-0.25, -0.2) is 14.8 Å². The van der Waals surface area contributed by atoms with Crippen LogP contribution in [-0.4, -0.2) is 64.6 Å². The minimum atomic E-state index is -4.58. The number of aromatic nitrogens is 3. The molecule has 1 aliphatic heterocycles. The molecule has 0 spiro atoms. The van der Waals surface area contributed by atoms with Crippen LogP contribution in [0.3, 0.4) is 0 Å². The highest BCUT2D eigenvalue weighted by Gasteiger charge is 2.36. The molecule has 2 amide bonds. The van der Waals surface area contributed by atoms with Crippen molar-refractivity contribution in [3.05, 3.63) is 66.6 Å². The number of amides is 2. The maximum absolute atomic E-state index is 14.0. The van der Waals surface area contributed by atoms with Crippen LogP contribution in [0.25, 0.3) is 10.9 Å². The summed E-state index contributed by atoms with van der Waals surface area (Å²) >= 11 is 0. The van der Waals surface area contributed by atoms with Gasteiger partial charge in [-0.3, -0.25) is 9.36 Å². The first-order chi connectivity index (χ1) is 19.1. The fourth-order valence-corrected chi connectivity index (χ4v) is 4.47. The summed E-state index contributed by atoms with van der Waals surface area (Å²) in [4.78, 5) is 36.0. The lowest BCUT2D eigenvalue weighted by molar-refractivity contribution is -0.137. The smallest absolute Gasteiger partial charge is 0.418 e. The number of fused-ring (bicyclic) bond motifs is 1. The largest absolute Gasteiger partial charge is 0.439 e. The van der Waals surface area contributed by atoms with Gasteiger partial charge < -0.3 is 25.2 Å². The molecule has 2 aromatic carbocycles. The first kappa shape index (κ1) is 26.9. The van der Waals surface area contributed by atoms with Gasteiger partial charge in [-0.2, -0.15) is 13.2 Å². The van der Waals surface area contributed by atoms with Crippen molar-refractivity contribution in [3.63, 3.8) is 0 Å². The Morgan fingerprint density at radius 2 is 1.73 bits per heavy atom. The molecule has 10 nitrogen and oxygen atoms in total. The number of hydrogen-bond donors (Lipinski definition) is 2. The van der Waals surface area contributed by atoms with Crippen LogP contribution in [0.1, 0.15) is 12.5 Å². The predicted octanol–water partition coefficient (Wildman–Crippen LogP) is 5.03. The summed E-state index contributed by atoms with van der Waals surface area (Å²) < 4.78 is 48.9. The van der Waals surface area contributed by atoms with Crippen LogP contribution in [0.15, 0.2) is 61.1 Å². The van der Waals surface area contributed by atoms with Crippen LogP contribution >= 0.6 is 0 Å². The fourth-order valence-electron chi connectivity index (χ4n) is 4.47. The Morgan fingerprint density at radius 3 is 2.45 bits per heavy atom. The van der Waals surface area contributed by atoms with Gasteiger partial charge in [0.25, 0.3) is 0 Å². The van der Waals surface area contributed by atoms with Crippen LogP contribution in [0, 0.1) is 0 Å². The number of carbonyl (C=O) groups excluding carboxylic acids is 2. The topological polar surface area (TPSA) is 105 Å². The molecular formula is C27H26F3N7O3. The average Bonchev–Trinajstić information content (AvgIpc) is 3.32. The normalized spacial score (nSPS) is 14.3. The zero-order valence-electron chi connectivity index (χ0n) is 21.7. The maximum atomic E-state index is 14.0. The highest BCUT2D eigenvalue weighted by Crippen LogP contribution is 2.39. The van der Waals surface area contributed by atoms with E-state index in [1.54, 1.807) is 29.2 Å². The standard InChI is InChI=1S/C27H26F3N7O3/c1-17(38)33-24-15-25(32-16-31-24)40-20-4-6-22-18(13-20)7-8-37(22)26(39)34-19-3-5-23(21(14-19)27(28,29)30)36-11-9-35(2)10-12-36/h3-8,13-16H,9-12H2,1-2H3,(H,34,39)(H,31,32,33,38). The third kappa shape index (κ3) is 5.99. The fraction of sp³-hybridized carbons (Fsp3) is 0.259. The van der Waals surface area contributed by atoms with Gasteiger partial charge >= 0.3 is 12.2 Å². The van der Waals surface area contributed by atoms with Gasteiger partial charge in [-0.1, -0.05) is 0 Å². The molecule has 1 saturated heterocycles. The van der Waals surface area contributed by atoms with Crippen LogP contribution in [-0.2, 0) is 11.0 Å². The molecule has 40 heavy (non-hydrogen) atoms. The number of nitrogens with zero attached hydrogens (tertiary/aromatic N) is 5. The monoisotopic (exact) mass is 553 g/mol. The molecule has 2 N–H and O–H groups in total. The Kier molecular flexibility index (Phi) is 7.30. The number of hydrogen-bond acceptors (Lipinski definition) is 7. The molecule has 0 radical (unpaired) electrons. The van der Waals surface area contributed by atoms with Gasteiger partial charge in [0, 0.05) is 62.1 Å². The summed E-state index contributed by atoms with van der Waals surface area (Å²) in [6.07, 6.45) is -1.81. The average molecular weight is 554 g/mol. The zero-order chi connectivity index (χ0) is 28.4. The van der Waals surface area contributed by atoms with E-state index in [1.165, 1.54) is 42.2 Å². The molecule has 4 aromatic rings. The van der Waals surface area contributed by atoms with E-state index in [-0.39, 0.29) is 29.0 Å². The van der Waals surface area contributed by atoms with Gasteiger partial charge in [-0.05, 0) is 49.5 Å². The number of nitrogens with one attached hydrogen (secondary N) is 2. The molecule has 0 atom stereocenters. The van der Waals surface area contributed by atoms with Gasteiger partial charge in [0.15, 0.2) is 0 Å². The summed E-state index contributed by atoms with van der Waals surface area (Å²) in [6, 6.07) is 11.4. The molecule has 0 saturated carbocycles. The Bertz CT molecular complexity index is 1560. The van der Waals surface area contributed by atoms with Crippen LogP contribution in [0.4, 0.5) is 35.2 Å². The van der Waals surface area contributed by atoms with E-state index in [2.05, 4.69) is 25.5 Å². The lowest BCUT2D eigenvalue weighted by Crippen LogP contribution is -2.45. The van der Waals surface area contributed by atoms with Crippen molar-refractivity contribution < 1.29 is 27.5 Å². The third-order valence-electron chi connectivity index (χ3n) is 6.45. The second-order valence-electron chi connectivity index (χ2n) is 9.38. The van der Waals surface area contributed by atoms with E-state index in [1.807, 2.05) is 7.05 Å². The second-order valence-corrected chi connectivity index (χ2v) is 9.38. The van der Waals surface area contributed by atoms with Crippen molar-refractivity contribution in [2.75, 3.05) is 48.8 Å². The molecule has 1 aliphatic rings. The van der Waals surface area contributed by atoms with E-state index in [9.17, 15) is 22.8 Å². The van der Waals surface area contributed by atoms with E-state index >= 15 is 0 Å². The number of ether oxygens (including phenoxy) is 1. The molecule has 208 valence electrons. The van der Waals surface area contributed by atoms with Crippen LogP contribution in [0.5, 0.6) is 11.6 Å². The quantitative estimate of drug-likeness (QED) is 0.357. The van der Waals surface area contributed by atoms with Crippen molar-refractivity contribution >= 4 is 40.0 Å². The minimum Gasteiger partial charge on any atom is -0.439 e. The lowest BCUT2D eigenvalue weighted by atomic mass is 10.1. The third-order valence-corrected chi connectivity index (χ3v) is 6.45. The Morgan fingerprint density at radius 1 is 0.950 bits per heavy atom. The molecular weight excluding hydrogens is 527 g/mol. The first-order valence-corrected chi connectivity index (χ1v) is 12.4. The number of rotatable bonds is 5. The molecule has 1 fully saturated rings. The second kappa shape index (κ2) is 10.8. The van der Waals surface area contributed by atoms with Gasteiger partial charge in [0.1, 0.15) is 17.9 Å². The molecule has 0 unspecified atom stereocenters. The molecule has 0 aliphatic carbocycles. The van der Waals surface area contributed by atoms with Crippen molar-refractivity contribution in [2.45, 2.75) is 13.1 Å². The summed E-state index contributed by atoms with van der Waals surface area (Å²) in [5.41, 5.74) is -0.127. The Labute approximate surface area is 227 Å².